The summed E-state index contributed by atoms with van der Waals surface area (Å²) < 4.78 is 0. The van der Waals surface area contributed by atoms with E-state index in [2.05, 4.69) is 39.5 Å². The van der Waals surface area contributed by atoms with Gasteiger partial charge in [-0.3, -0.25) is 0 Å². The second-order valence-corrected chi connectivity index (χ2v) is 6.88. The van der Waals surface area contributed by atoms with Crippen molar-refractivity contribution in [2.45, 2.75) is 73.1 Å². The summed E-state index contributed by atoms with van der Waals surface area (Å²) in [5.74, 6) is 0.0907. The Morgan fingerprint density at radius 3 is 2.11 bits per heavy atom. The second-order valence-electron chi connectivity index (χ2n) is 6.88. The van der Waals surface area contributed by atoms with Crippen molar-refractivity contribution < 1.29 is 14.9 Å². The molecule has 0 heterocycles. The van der Waals surface area contributed by atoms with Gasteiger partial charge >= 0.3 is 5.97 Å². The minimum atomic E-state index is -0.469. The Labute approximate surface area is 112 Å². The summed E-state index contributed by atoms with van der Waals surface area (Å²) in [5, 5.41) is 8.53. The Kier molecular flexibility index (Phi) is 8.25. The summed E-state index contributed by atoms with van der Waals surface area (Å²) >= 11 is 0. The quantitative estimate of drug-likeness (QED) is 0.391. The van der Waals surface area contributed by atoms with Crippen molar-refractivity contribution in [2.75, 3.05) is 0 Å². The molecular formula is C15H30O3. The molecule has 1 N–H and O–H groups in total. The van der Waals surface area contributed by atoms with Crippen molar-refractivity contribution in [3.05, 3.63) is 0 Å². The van der Waals surface area contributed by atoms with Crippen LogP contribution < -0.4 is 0 Å². The molecule has 0 spiro atoms. The van der Waals surface area contributed by atoms with Gasteiger partial charge in [-0.15, -0.1) is 0 Å². The molecule has 0 fully saturated rings. The molecule has 0 rings (SSSR count). The molecule has 0 aromatic rings. The average Bonchev–Trinajstić information content (AvgIpc) is 2.25. The first-order valence-electron chi connectivity index (χ1n) is 7.11. The molecule has 1 atom stereocenters. The maximum Gasteiger partial charge on any atom is 0.345 e. The molecule has 108 valence electrons. The van der Waals surface area contributed by atoms with Gasteiger partial charge in [-0.05, 0) is 30.6 Å². The van der Waals surface area contributed by atoms with Gasteiger partial charge in [0.25, 0.3) is 0 Å². The minimum Gasteiger partial charge on any atom is -0.301 e. The first kappa shape index (κ1) is 17.4. The van der Waals surface area contributed by atoms with Gasteiger partial charge in [0.05, 0.1) is 5.92 Å². The lowest BCUT2D eigenvalue weighted by Crippen LogP contribution is -2.19. The first-order valence-corrected chi connectivity index (χ1v) is 7.11. The van der Waals surface area contributed by atoms with E-state index in [0.29, 0.717) is 5.92 Å². The highest BCUT2D eigenvalue weighted by molar-refractivity contribution is 5.71. The zero-order chi connectivity index (χ0) is 14.2. The van der Waals surface area contributed by atoms with Crippen LogP contribution in [0.1, 0.15) is 73.1 Å². The topological polar surface area (TPSA) is 46.5 Å². The van der Waals surface area contributed by atoms with Crippen LogP contribution in [0, 0.1) is 17.3 Å². The van der Waals surface area contributed by atoms with E-state index in [0.717, 1.165) is 32.1 Å². The van der Waals surface area contributed by atoms with Gasteiger partial charge in [0.15, 0.2) is 0 Å². The number of hydrogen-bond donors (Lipinski definition) is 1. The summed E-state index contributed by atoms with van der Waals surface area (Å²) in [4.78, 5) is 15.4. The van der Waals surface area contributed by atoms with Crippen LogP contribution in [0.15, 0.2) is 0 Å². The van der Waals surface area contributed by atoms with Crippen molar-refractivity contribution in [3.63, 3.8) is 0 Å². The van der Waals surface area contributed by atoms with Gasteiger partial charge in [0.2, 0.25) is 0 Å². The van der Waals surface area contributed by atoms with Crippen molar-refractivity contribution in [1.82, 2.24) is 0 Å². The normalized spacial score (nSPS) is 13.7. The summed E-state index contributed by atoms with van der Waals surface area (Å²) in [7, 11) is 0. The smallest absolute Gasteiger partial charge is 0.301 e. The van der Waals surface area contributed by atoms with Crippen molar-refractivity contribution in [3.8, 4) is 0 Å². The maximum atomic E-state index is 11.5. The van der Waals surface area contributed by atoms with Crippen LogP contribution in [0.2, 0.25) is 0 Å². The van der Waals surface area contributed by atoms with Gasteiger partial charge in [-0.1, -0.05) is 53.9 Å². The molecule has 0 aliphatic heterocycles. The average molecular weight is 258 g/mol. The lowest BCUT2D eigenvalue weighted by molar-refractivity contribution is -0.239. The van der Waals surface area contributed by atoms with E-state index in [1.165, 1.54) is 6.42 Å². The summed E-state index contributed by atoms with van der Waals surface area (Å²) in [6.07, 6.45) is 5.95. The first-order chi connectivity index (χ1) is 8.26. The van der Waals surface area contributed by atoms with Gasteiger partial charge in [-0.25, -0.2) is 4.79 Å². The number of rotatable bonds is 8. The molecule has 3 heteroatoms. The van der Waals surface area contributed by atoms with Gasteiger partial charge < -0.3 is 4.89 Å². The van der Waals surface area contributed by atoms with E-state index in [-0.39, 0.29) is 11.3 Å². The lowest BCUT2D eigenvalue weighted by Gasteiger charge is -2.21. The van der Waals surface area contributed by atoms with E-state index >= 15 is 0 Å². The van der Waals surface area contributed by atoms with Crippen LogP contribution in [0.5, 0.6) is 0 Å². The zero-order valence-electron chi connectivity index (χ0n) is 12.7. The van der Waals surface area contributed by atoms with E-state index in [4.69, 9.17) is 5.26 Å². The predicted molar refractivity (Wildman–Crippen MR) is 74.2 cm³/mol. The SMILES string of the molecule is CC(C)CCCCC(CCC(C)(C)C)C(=O)OO. The van der Waals surface area contributed by atoms with Crippen molar-refractivity contribution in [2.24, 2.45) is 17.3 Å². The molecule has 18 heavy (non-hydrogen) atoms. The fraction of sp³-hybridized carbons (Fsp3) is 0.933. The highest BCUT2D eigenvalue weighted by Crippen LogP contribution is 2.27. The molecule has 0 saturated heterocycles. The number of carbonyl (C=O) groups excluding carboxylic acids is 1. The molecule has 3 nitrogen and oxygen atoms in total. The molecule has 0 aliphatic carbocycles. The summed E-state index contributed by atoms with van der Waals surface area (Å²) in [6, 6.07) is 0. The van der Waals surface area contributed by atoms with Gasteiger partial charge in [0, 0.05) is 0 Å². The van der Waals surface area contributed by atoms with Gasteiger partial charge in [-0.2, -0.15) is 5.26 Å². The van der Waals surface area contributed by atoms with E-state index in [9.17, 15) is 4.79 Å². The lowest BCUT2D eigenvalue weighted by atomic mass is 9.85. The molecule has 0 aliphatic rings. The van der Waals surface area contributed by atoms with Gasteiger partial charge in [0.1, 0.15) is 0 Å². The van der Waals surface area contributed by atoms with Crippen LogP contribution >= 0.6 is 0 Å². The number of carbonyl (C=O) groups is 1. The number of hydrogen-bond acceptors (Lipinski definition) is 3. The van der Waals surface area contributed by atoms with E-state index in [1.807, 2.05) is 0 Å². The van der Waals surface area contributed by atoms with Crippen LogP contribution in [0.3, 0.4) is 0 Å². The maximum absolute atomic E-state index is 11.5. The molecular weight excluding hydrogens is 228 g/mol. The van der Waals surface area contributed by atoms with Crippen molar-refractivity contribution in [1.29, 1.82) is 0 Å². The Morgan fingerprint density at radius 1 is 1.11 bits per heavy atom. The molecule has 0 aromatic carbocycles. The second kappa shape index (κ2) is 8.52. The molecule has 0 bridgehead atoms. The molecule has 0 aromatic heterocycles. The fourth-order valence-corrected chi connectivity index (χ4v) is 2.01. The highest BCUT2D eigenvalue weighted by atomic mass is 17.1. The Balaban J connectivity index is 4.04. The largest absolute Gasteiger partial charge is 0.345 e. The molecule has 0 amide bonds. The monoisotopic (exact) mass is 258 g/mol. The zero-order valence-corrected chi connectivity index (χ0v) is 12.7. The van der Waals surface area contributed by atoms with Crippen LogP contribution in [0.25, 0.3) is 0 Å². The van der Waals surface area contributed by atoms with Crippen LogP contribution in [-0.4, -0.2) is 11.2 Å². The van der Waals surface area contributed by atoms with Crippen molar-refractivity contribution >= 4 is 5.97 Å². The molecule has 0 saturated carbocycles. The summed E-state index contributed by atoms with van der Waals surface area (Å²) in [5.41, 5.74) is 0.214. The standard InChI is InChI=1S/C15H30O3/c1-12(2)8-6-7-9-13(14(16)18-17)10-11-15(3,4)5/h12-13,17H,6-11H2,1-5H3. The third kappa shape index (κ3) is 9.46. The number of unbranched alkanes of at least 4 members (excludes halogenated alkanes) is 1. The molecule has 1 unspecified atom stereocenters. The van der Waals surface area contributed by atoms with E-state index in [1.54, 1.807) is 0 Å². The highest BCUT2D eigenvalue weighted by Gasteiger charge is 2.22. The summed E-state index contributed by atoms with van der Waals surface area (Å²) in [6.45, 7) is 10.9. The Morgan fingerprint density at radius 2 is 1.67 bits per heavy atom. The molecule has 0 radical (unpaired) electrons. The fourth-order valence-electron chi connectivity index (χ4n) is 2.01. The predicted octanol–water partition coefficient (Wildman–Crippen LogP) is 4.66. The Hall–Kier alpha value is -0.570. The van der Waals surface area contributed by atoms with Crippen LogP contribution in [-0.2, 0) is 9.68 Å². The third-order valence-corrected chi connectivity index (χ3v) is 3.25. The third-order valence-electron chi connectivity index (χ3n) is 3.25. The van der Waals surface area contributed by atoms with Crippen LogP contribution in [0.4, 0.5) is 0 Å². The van der Waals surface area contributed by atoms with E-state index < -0.39 is 5.97 Å². The minimum absolute atomic E-state index is 0.151. The Bertz CT molecular complexity index is 228.